The molecule has 0 fully saturated rings. The number of aliphatic imine (C=N–C) groups is 1. The first-order chi connectivity index (χ1) is 12.7. The predicted octanol–water partition coefficient (Wildman–Crippen LogP) is 3.01. The highest BCUT2D eigenvalue weighted by Crippen LogP contribution is 2.13. The summed E-state index contributed by atoms with van der Waals surface area (Å²) in [5.74, 6) is 2.63. The summed E-state index contributed by atoms with van der Waals surface area (Å²) in [6.45, 7) is 6.06. The van der Waals surface area contributed by atoms with Crippen molar-refractivity contribution in [1.29, 1.82) is 0 Å². The van der Waals surface area contributed by atoms with Crippen LogP contribution < -0.4 is 10.6 Å². The Morgan fingerprint density at radius 3 is 2.42 bits per heavy atom. The summed E-state index contributed by atoms with van der Waals surface area (Å²) in [4.78, 5) is 4.31. The van der Waals surface area contributed by atoms with Crippen molar-refractivity contribution >= 4 is 5.96 Å². The Morgan fingerprint density at radius 2 is 1.81 bits per heavy atom. The van der Waals surface area contributed by atoms with E-state index < -0.39 is 0 Å². The number of aromatic nitrogens is 2. The lowest BCUT2D eigenvalue weighted by Crippen LogP contribution is -2.36. The second kappa shape index (κ2) is 8.38. The number of nitrogens with one attached hydrogen (secondary N) is 2. The third kappa shape index (κ3) is 4.53. The first-order valence-electron chi connectivity index (χ1n) is 8.70. The van der Waals surface area contributed by atoms with Gasteiger partial charge in [-0.1, -0.05) is 24.3 Å². The van der Waals surface area contributed by atoms with Crippen LogP contribution in [0.2, 0.25) is 0 Å². The highest BCUT2D eigenvalue weighted by molar-refractivity contribution is 5.79. The van der Waals surface area contributed by atoms with Crippen LogP contribution in [0.3, 0.4) is 0 Å². The summed E-state index contributed by atoms with van der Waals surface area (Å²) >= 11 is 0. The Hall–Kier alpha value is -3.02. The molecule has 0 spiro atoms. The molecule has 0 amide bonds. The van der Waals surface area contributed by atoms with Gasteiger partial charge in [0.05, 0.1) is 6.54 Å². The molecule has 3 rings (SSSR count). The largest absolute Gasteiger partial charge is 0.466 e. The monoisotopic (exact) mass is 351 g/mol. The van der Waals surface area contributed by atoms with Gasteiger partial charge in [-0.2, -0.15) is 5.10 Å². The van der Waals surface area contributed by atoms with Crippen LogP contribution in [0.4, 0.5) is 0 Å². The minimum atomic E-state index is 0.678. The molecular weight excluding hydrogens is 326 g/mol. The lowest BCUT2D eigenvalue weighted by atomic mass is 10.1. The maximum Gasteiger partial charge on any atom is 0.191 e. The fourth-order valence-electron chi connectivity index (χ4n) is 2.89. The van der Waals surface area contributed by atoms with E-state index in [4.69, 9.17) is 4.42 Å². The van der Waals surface area contributed by atoms with Gasteiger partial charge in [0.1, 0.15) is 11.5 Å². The molecule has 0 atom stereocenters. The minimum Gasteiger partial charge on any atom is -0.466 e. The van der Waals surface area contributed by atoms with Crippen LogP contribution >= 0.6 is 0 Å². The molecular formula is C20H25N5O. The number of guanidine groups is 1. The van der Waals surface area contributed by atoms with E-state index in [-0.39, 0.29) is 0 Å². The van der Waals surface area contributed by atoms with Crippen LogP contribution in [0.5, 0.6) is 0 Å². The van der Waals surface area contributed by atoms with Crippen molar-refractivity contribution in [2.45, 2.75) is 33.5 Å². The Balaban J connectivity index is 1.59. The van der Waals surface area contributed by atoms with E-state index in [9.17, 15) is 0 Å². The highest BCUT2D eigenvalue weighted by atomic mass is 16.3. The Bertz CT molecular complexity index is 864. The van der Waals surface area contributed by atoms with E-state index >= 15 is 0 Å². The lowest BCUT2D eigenvalue weighted by Gasteiger charge is -2.14. The molecule has 2 N–H and O–H groups in total. The van der Waals surface area contributed by atoms with Crippen molar-refractivity contribution in [2.75, 3.05) is 7.05 Å². The van der Waals surface area contributed by atoms with Gasteiger partial charge in [-0.25, -0.2) is 0 Å². The standard InChI is InChI=1S/C20H25N5O/c1-15-11-19(16(2)26-15)13-23-20(21-3)22-12-17-7-4-5-8-18(17)14-25-10-6-9-24-25/h4-11H,12-14H2,1-3H3,(H2,21,22,23). The van der Waals surface area contributed by atoms with Crippen LogP contribution in [-0.4, -0.2) is 22.8 Å². The summed E-state index contributed by atoms with van der Waals surface area (Å²) in [6.07, 6.45) is 3.77. The molecule has 0 aliphatic rings. The topological polar surface area (TPSA) is 67.4 Å². The molecule has 0 aliphatic carbocycles. The van der Waals surface area contributed by atoms with E-state index in [2.05, 4.69) is 51.1 Å². The molecule has 6 nitrogen and oxygen atoms in total. The molecule has 0 saturated carbocycles. The van der Waals surface area contributed by atoms with Gasteiger partial charge in [-0.05, 0) is 37.1 Å². The van der Waals surface area contributed by atoms with Crippen LogP contribution in [0, 0.1) is 13.8 Å². The zero-order valence-corrected chi connectivity index (χ0v) is 15.5. The van der Waals surface area contributed by atoms with Gasteiger partial charge < -0.3 is 15.1 Å². The van der Waals surface area contributed by atoms with Crippen molar-refractivity contribution in [3.8, 4) is 0 Å². The predicted molar refractivity (Wildman–Crippen MR) is 103 cm³/mol. The first-order valence-corrected chi connectivity index (χ1v) is 8.70. The average Bonchev–Trinajstić information content (AvgIpc) is 3.25. The van der Waals surface area contributed by atoms with Crippen LogP contribution in [0.1, 0.15) is 28.2 Å². The van der Waals surface area contributed by atoms with E-state index in [0.29, 0.717) is 13.1 Å². The van der Waals surface area contributed by atoms with Gasteiger partial charge in [-0.15, -0.1) is 0 Å². The van der Waals surface area contributed by atoms with Gasteiger partial charge >= 0.3 is 0 Å². The third-order valence-corrected chi connectivity index (χ3v) is 4.27. The quantitative estimate of drug-likeness (QED) is 0.529. The van der Waals surface area contributed by atoms with E-state index in [0.717, 1.165) is 29.6 Å². The van der Waals surface area contributed by atoms with Gasteiger partial charge in [0, 0.05) is 38.1 Å². The minimum absolute atomic E-state index is 0.678. The van der Waals surface area contributed by atoms with Gasteiger partial charge in [0.25, 0.3) is 0 Å². The first kappa shape index (κ1) is 17.8. The van der Waals surface area contributed by atoms with Crippen molar-refractivity contribution in [3.05, 3.63) is 77.0 Å². The van der Waals surface area contributed by atoms with Crippen LogP contribution in [-0.2, 0) is 19.6 Å². The van der Waals surface area contributed by atoms with Crippen molar-refractivity contribution < 1.29 is 4.42 Å². The maximum absolute atomic E-state index is 5.57. The molecule has 0 radical (unpaired) electrons. The van der Waals surface area contributed by atoms with E-state index in [1.165, 1.54) is 11.1 Å². The van der Waals surface area contributed by atoms with Crippen molar-refractivity contribution in [3.63, 3.8) is 0 Å². The molecule has 1 aromatic carbocycles. The third-order valence-electron chi connectivity index (χ3n) is 4.27. The summed E-state index contributed by atoms with van der Waals surface area (Å²) < 4.78 is 7.49. The number of nitrogens with zero attached hydrogens (tertiary/aromatic N) is 3. The van der Waals surface area contributed by atoms with Gasteiger partial charge in [0.2, 0.25) is 0 Å². The summed E-state index contributed by atoms with van der Waals surface area (Å²) in [5, 5.41) is 11.0. The number of benzene rings is 1. The molecule has 2 heterocycles. The summed E-state index contributed by atoms with van der Waals surface area (Å²) in [6, 6.07) is 12.4. The van der Waals surface area contributed by atoms with Crippen LogP contribution in [0.15, 0.2) is 58.2 Å². The molecule has 0 unspecified atom stereocenters. The molecule has 0 aliphatic heterocycles. The maximum atomic E-state index is 5.57. The number of aryl methyl sites for hydroxylation is 2. The fourth-order valence-corrected chi connectivity index (χ4v) is 2.89. The molecule has 2 aromatic heterocycles. The molecule has 0 saturated heterocycles. The van der Waals surface area contributed by atoms with Crippen LogP contribution in [0.25, 0.3) is 0 Å². The fraction of sp³-hybridized carbons (Fsp3) is 0.300. The molecule has 6 heteroatoms. The summed E-state index contributed by atoms with van der Waals surface area (Å²) in [5.41, 5.74) is 3.60. The van der Waals surface area contributed by atoms with Gasteiger partial charge in [-0.3, -0.25) is 9.67 Å². The average molecular weight is 351 g/mol. The molecule has 136 valence electrons. The number of rotatable bonds is 6. The van der Waals surface area contributed by atoms with Crippen molar-refractivity contribution in [2.24, 2.45) is 4.99 Å². The zero-order chi connectivity index (χ0) is 18.4. The molecule has 26 heavy (non-hydrogen) atoms. The Labute approximate surface area is 153 Å². The normalized spacial score (nSPS) is 11.6. The van der Waals surface area contributed by atoms with E-state index in [1.807, 2.05) is 30.8 Å². The number of hydrogen-bond donors (Lipinski definition) is 2. The molecule has 0 bridgehead atoms. The van der Waals surface area contributed by atoms with Gasteiger partial charge in [0.15, 0.2) is 5.96 Å². The Morgan fingerprint density at radius 1 is 1.08 bits per heavy atom. The smallest absolute Gasteiger partial charge is 0.191 e. The second-order valence-electron chi connectivity index (χ2n) is 6.19. The SMILES string of the molecule is CN=C(NCc1ccccc1Cn1cccn1)NCc1cc(C)oc1C. The number of hydrogen-bond acceptors (Lipinski definition) is 3. The second-order valence-corrected chi connectivity index (χ2v) is 6.19. The highest BCUT2D eigenvalue weighted by Gasteiger charge is 2.07. The summed E-state index contributed by atoms with van der Waals surface area (Å²) in [7, 11) is 1.78. The lowest BCUT2D eigenvalue weighted by molar-refractivity contribution is 0.500. The Kier molecular flexibility index (Phi) is 5.73. The van der Waals surface area contributed by atoms with Crippen molar-refractivity contribution in [1.82, 2.24) is 20.4 Å². The number of furan rings is 1. The molecule has 3 aromatic rings. The zero-order valence-electron chi connectivity index (χ0n) is 15.5. The van der Waals surface area contributed by atoms with E-state index in [1.54, 1.807) is 13.2 Å².